The van der Waals surface area contributed by atoms with Gasteiger partial charge in [0.2, 0.25) is 0 Å². The van der Waals surface area contributed by atoms with Crippen LogP contribution in [0.1, 0.15) is 33.6 Å². The molecule has 9 heavy (non-hydrogen) atoms. The van der Waals surface area contributed by atoms with Crippen molar-refractivity contribution in [3.63, 3.8) is 0 Å². The third-order valence-electron chi connectivity index (χ3n) is 0.814. The Bertz CT molecular complexity index is 69.9. The topological polar surface area (TPSA) is 17.1 Å². The van der Waals surface area contributed by atoms with E-state index in [9.17, 15) is 4.79 Å². The number of rotatable bonds is 1. The van der Waals surface area contributed by atoms with Gasteiger partial charge in [-0.15, -0.1) is 0 Å². The Kier molecular flexibility index (Phi) is 4.37. The van der Waals surface area contributed by atoms with E-state index >= 15 is 0 Å². The van der Waals surface area contributed by atoms with Crippen LogP contribution in [0.25, 0.3) is 0 Å². The Morgan fingerprint density at radius 2 is 1.67 bits per heavy atom. The predicted octanol–water partition coefficient (Wildman–Crippen LogP) is 2.26. The first-order valence-electron chi connectivity index (χ1n) is 3.62. The molecule has 0 aromatic carbocycles. The van der Waals surface area contributed by atoms with Gasteiger partial charge in [-0.2, -0.15) is 0 Å². The molecule has 1 nitrogen and oxygen atoms in total. The molecule has 0 heterocycles. The smallest absolute Gasteiger partial charge is 0.123 e. The van der Waals surface area contributed by atoms with Crippen LogP contribution in [0.4, 0.5) is 0 Å². The van der Waals surface area contributed by atoms with Crippen molar-refractivity contribution in [2.45, 2.75) is 33.6 Å². The molecule has 0 radical (unpaired) electrons. The highest BCUT2D eigenvalue weighted by Gasteiger charge is 2.18. The minimum absolute atomic E-state index is 0.454. The number of aldehydes is 1. The molecule has 0 atom stereocenters. The molecular formula is C8H16O. The van der Waals surface area contributed by atoms with Crippen molar-refractivity contribution in [3.05, 3.63) is 0 Å². The highest BCUT2D eigenvalue weighted by molar-refractivity contribution is 5.56. The maximum atomic E-state index is 9.57. The Labute approximate surface area is 57.5 Å². The molecule has 0 amide bonds. The quantitative estimate of drug-likeness (QED) is 0.495. The van der Waals surface area contributed by atoms with E-state index in [1.165, 1.54) is 0 Å². The van der Waals surface area contributed by atoms with Crippen LogP contribution in [0.5, 0.6) is 0 Å². The number of hydrogen-bond acceptors (Lipinski definition) is 1. The summed E-state index contributed by atoms with van der Waals surface area (Å²) in [5, 5.41) is 0. The van der Waals surface area contributed by atoms with Crippen molar-refractivity contribution in [3.8, 4) is 0 Å². The van der Waals surface area contributed by atoms with Gasteiger partial charge in [0.05, 0.1) is 0 Å². The van der Waals surface area contributed by atoms with E-state index in [0.717, 1.165) is 25.0 Å². The predicted molar refractivity (Wildman–Crippen MR) is 39.3 cm³/mol. The molecule has 0 N–H and O–H groups in total. The third kappa shape index (κ3) is 11.3. The number of carbonyl (C=O) groups excluding carboxylic acids is 1. The van der Waals surface area contributed by atoms with Crippen molar-refractivity contribution in [1.82, 2.24) is 0 Å². The first-order chi connectivity index (χ1) is 4.16. The molecule has 0 aromatic rings. The van der Waals surface area contributed by atoms with E-state index < -0.39 is 0 Å². The van der Waals surface area contributed by atoms with Crippen LogP contribution >= 0.6 is 0 Å². The second-order valence-electron chi connectivity index (χ2n) is 3.21. The Morgan fingerprint density at radius 1 is 1.33 bits per heavy atom. The summed E-state index contributed by atoms with van der Waals surface area (Å²) in [4.78, 5) is 9.57. The van der Waals surface area contributed by atoms with Gasteiger partial charge in [-0.1, -0.05) is 20.8 Å². The van der Waals surface area contributed by atoms with Crippen molar-refractivity contribution in [2.24, 2.45) is 11.8 Å². The summed E-state index contributed by atoms with van der Waals surface area (Å²) in [6.07, 6.45) is 3.31. The van der Waals surface area contributed by atoms with Crippen LogP contribution in [0.15, 0.2) is 0 Å². The monoisotopic (exact) mass is 128 g/mol. The average molecular weight is 128 g/mol. The Hall–Kier alpha value is -0.330. The summed E-state index contributed by atoms with van der Waals surface area (Å²) in [5.74, 6) is 1.29. The Balaban J connectivity index is 0.000000148. The second-order valence-corrected chi connectivity index (χ2v) is 3.21. The molecule has 0 saturated heterocycles. The normalized spacial score (nSPS) is 16.4. The maximum absolute atomic E-state index is 9.57. The Morgan fingerprint density at radius 3 is 1.67 bits per heavy atom. The van der Waals surface area contributed by atoms with Gasteiger partial charge in [0.1, 0.15) is 6.29 Å². The van der Waals surface area contributed by atoms with Crippen molar-refractivity contribution in [1.29, 1.82) is 0 Å². The number of carbonyl (C=O) groups is 1. The summed E-state index contributed by atoms with van der Waals surface area (Å²) >= 11 is 0. The lowest BCUT2D eigenvalue weighted by molar-refractivity contribution is -0.108. The van der Waals surface area contributed by atoms with Crippen LogP contribution in [0.3, 0.4) is 0 Å². The lowest BCUT2D eigenvalue weighted by atomic mass is 10.3. The van der Waals surface area contributed by atoms with Crippen molar-refractivity contribution >= 4 is 6.29 Å². The van der Waals surface area contributed by atoms with E-state index in [0.29, 0.717) is 5.92 Å². The molecule has 1 rings (SSSR count). The highest BCUT2D eigenvalue weighted by atomic mass is 16.1. The van der Waals surface area contributed by atoms with Crippen LogP contribution in [0.2, 0.25) is 0 Å². The fraction of sp³-hybridized carbons (Fsp3) is 0.875. The molecule has 0 spiro atoms. The van der Waals surface area contributed by atoms with E-state index in [4.69, 9.17) is 0 Å². The fourth-order valence-electron chi connectivity index (χ4n) is 0.232. The van der Waals surface area contributed by atoms with E-state index in [2.05, 4.69) is 20.8 Å². The molecular weight excluding hydrogens is 112 g/mol. The van der Waals surface area contributed by atoms with Crippen LogP contribution in [0, 0.1) is 11.8 Å². The summed E-state index contributed by atoms with van der Waals surface area (Å²) in [6, 6.07) is 0. The van der Waals surface area contributed by atoms with Gasteiger partial charge >= 0.3 is 0 Å². The first-order valence-corrected chi connectivity index (χ1v) is 3.62. The summed E-state index contributed by atoms with van der Waals surface area (Å²) in [6.45, 7) is 6.50. The molecule has 0 aliphatic heterocycles. The number of hydrogen-bond donors (Lipinski definition) is 0. The molecule has 54 valence electrons. The van der Waals surface area contributed by atoms with Crippen molar-refractivity contribution < 1.29 is 4.79 Å². The molecule has 1 fully saturated rings. The van der Waals surface area contributed by atoms with Gasteiger partial charge in [0.25, 0.3) is 0 Å². The summed E-state index contributed by atoms with van der Waals surface area (Å²) < 4.78 is 0. The average Bonchev–Trinajstić information content (AvgIpc) is 2.43. The molecule has 0 unspecified atom stereocenters. The zero-order valence-corrected chi connectivity index (χ0v) is 6.55. The lowest BCUT2D eigenvalue weighted by Crippen LogP contribution is -1.66. The van der Waals surface area contributed by atoms with Crippen LogP contribution < -0.4 is 0 Å². The van der Waals surface area contributed by atoms with E-state index in [1.807, 2.05) is 0 Å². The van der Waals surface area contributed by atoms with Crippen molar-refractivity contribution in [2.75, 3.05) is 0 Å². The zero-order chi connectivity index (χ0) is 7.28. The minimum atomic E-state index is 0.454. The van der Waals surface area contributed by atoms with E-state index in [-0.39, 0.29) is 0 Å². The van der Waals surface area contributed by atoms with Gasteiger partial charge in [-0.25, -0.2) is 0 Å². The maximum Gasteiger partial charge on any atom is 0.123 e. The zero-order valence-electron chi connectivity index (χ0n) is 6.55. The third-order valence-corrected chi connectivity index (χ3v) is 0.814. The van der Waals surface area contributed by atoms with Gasteiger partial charge in [0.15, 0.2) is 0 Å². The standard InChI is InChI=1S/C4H6O.C4H10/c5-3-4-1-2-4;1-4(2)3/h3-4H,1-2H2;4H,1-3H3. The van der Waals surface area contributed by atoms with Crippen LogP contribution in [-0.4, -0.2) is 6.29 Å². The second kappa shape index (κ2) is 4.54. The molecule has 0 bridgehead atoms. The lowest BCUT2D eigenvalue weighted by Gasteiger charge is -1.79. The van der Waals surface area contributed by atoms with Gasteiger partial charge in [0, 0.05) is 5.92 Å². The van der Waals surface area contributed by atoms with Gasteiger partial charge in [-0.05, 0) is 18.8 Å². The molecule has 1 heteroatoms. The molecule has 1 saturated carbocycles. The molecule has 1 aliphatic carbocycles. The SMILES string of the molecule is CC(C)C.O=CC1CC1. The van der Waals surface area contributed by atoms with E-state index in [1.54, 1.807) is 0 Å². The fourth-order valence-corrected chi connectivity index (χ4v) is 0.232. The largest absolute Gasteiger partial charge is 0.303 e. The highest BCUT2D eigenvalue weighted by Crippen LogP contribution is 2.25. The van der Waals surface area contributed by atoms with Gasteiger partial charge < -0.3 is 4.79 Å². The van der Waals surface area contributed by atoms with Gasteiger partial charge in [-0.3, -0.25) is 0 Å². The summed E-state index contributed by atoms with van der Waals surface area (Å²) in [7, 11) is 0. The first kappa shape index (κ1) is 8.67. The molecule has 0 aromatic heterocycles. The molecule has 1 aliphatic rings. The minimum Gasteiger partial charge on any atom is -0.303 e. The summed E-state index contributed by atoms with van der Waals surface area (Å²) in [5.41, 5.74) is 0. The van der Waals surface area contributed by atoms with Crippen LogP contribution in [-0.2, 0) is 4.79 Å².